The highest BCUT2D eigenvalue weighted by molar-refractivity contribution is 5.38. The topological polar surface area (TPSA) is 26.7 Å². The Bertz CT molecular complexity index is 486. The molecule has 1 aliphatic carbocycles. The Kier molecular flexibility index (Phi) is 3.74. The summed E-state index contributed by atoms with van der Waals surface area (Å²) in [6.07, 6.45) is 3.60. The zero-order valence-corrected chi connectivity index (χ0v) is 12.8. The molecule has 0 amide bonds. The van der Waals surface area contributed by atoms with E-state index < -0.39 is 0 Å². The van der Waals surface area contributed by atoms with Gasteiger partial charge in [-0.1, -0.05) is 13.0 Å². The number of hydrogen-bond donors (Lipinski definition) is 1. The van der Waals surface area contributed by atoms with E-state index in [2.05, 4.69) is 36.9 Å². The summed E-state index contributed by atoms with van der Waals surface area (Å²) in [7, 11) is 4.38. The van der Waals surface area contributed by atoms with Gasteiger partial charge < -0.3 is 10.0 Å². The zero-order chi connectivity index (χ0) is 14.3. The van der Waals surface area contributed by atoms with E-state index >= 15 is 0 Å². The largest absolute Gasteiger partial charge is 0.508 e. The molecule has 0 saturated carbocycles. The third-order valence-corrected chi connectivity index (χ3v) is 5.11. The third-order valence-electron chi connectivity index (χ3n) is 5.11. The quantitative estimate of drug-likeness (QED) is 0.898. The monoisotopic (exact) mass is 274 g/mol. The molecule has 1 saturated heterocycles. The van der Waals surface area contributed by atoms with Crippen molar-refractivity contribution in [2.24, 2.45) is 5.92 Å². The van der Waals surface area contributed by atoms with Crippen LogP contribution in [0.1, 0.15) is 36.9 Å². The Morgan fingerprint density at radius 2 is 2.05 bits per heavy atom. The van der Waals surface area contributed by atoms with E-state index in [1.807, 2.05) is 12.1 Å². The molecule has 110 valence electrons. The number of likely N-dealkylation sites (tertiary alicyclic amines) is 1. The Balaban J connectivity index is 1.83. The first kappa shape index (κ1) is 13.9. The summed E-state index contributed by atoms with van der Waals surface area (Å²) in [5.41, 5.74) is 2.79. The smallest absolute Gasteiger partial charge is 0.115 e. The molecule has 2 aliphatic rings. The van der Waals surface area contributed by atoms with Gasteiger partial charge in [0.25, 0.3) is 0 Å². The lowest BCUT2D eigenvalue weighted by atomic mass is 9.86. The minimum absolute atomic E-state index is 0.408. The molecule has 0 bridgehead atoms. The molecule has 3 heteroatoms. The molecule has 1 aromatic carbocycles. The Hall–Kier alpha value is -1.06. The van der Waals surface area contributed by atoms with Gasteiger partial charge in [0.2, 0.25) is 0 Å². The second kappa shape index (κ2) is 5.38. The molecule has 1 heterocycles. The van der Waals surface area contributed by atoms with E-state index in [-0.39, 0.29) is 0 Å². The minimum atomic E-state index is 0.408. The number of aryl methyl sites for hydroxylation is 1. The van der Waals surface area contributed by atoms with Crippen molar-refractivity contribution in [1.82, 2.24) is 9.80 Å². The van der Waals surface area contributed by atoms with Crippen LogP contribution in [0.25, 0.3) is 0 Å². The van der Waals surface area contributed by atoms with Crippen molar-refractivity contribution in [3.8, 4) is 5.75 Å². The summed E-state index contributed by atoms with van der Waals surface area (Å²) < 4.78 is 0. The van der Waals surface area contributed by atoms with Gasteiger partial charge in [-0.15, -0.1) is 0 Å². The molecule has 3 unspecified atom stereocenters. The van der Waals surface area contributed by atoms with E-state index in [9.17, 15) is 5.11 Å². The Morgan fingerprint density at radius 1 is 1.25 bits per heavy atom. The van der Waals surface area contributed by atoms with E-state index in [1.165, 1.54) is 37.1 Å². The molecule has 0 spiro atoms. The van der Waals surface area contributed by atoms with Crippen LogP contribution in [-0.2, 0) is 6.42 Å². The van der Waals surface area contributed by atoms with Crippen LogP contribution in [0.5, 0.6) is 5.75 Å². The number of rotatable bonds is 2. The average Bonchev–Trinajstić information content (AvgIpc) is 2.79. The van der Waals surface area contributed by atoms with Gasteiger partial charge in [-0.3, -0.25) is 4.90 Å². The lowest BCUT2D eigenvalue weighted by molar-refractivity contribution is 0.199. The van der Waals surface area contributed by atoms with E-state index in [1.54, 1.807) is 0 Å². The molecule has 1 aromatic rings. The van der Waals surface area contributed by atoms with E-state index in [4.69, 9.17) is 0 Å². The van der Waals surface area contributed by atoms with Gasteiger partial charge in [0.1, 0.15) is 5.75 Å². The Morgan fingerprint density at radius 3 is 2.75 bits per heavy atom. The number of likely N-dealkylation sites (N-methyl/N-ethyl adjacent to an activating group) is 1. The van der Waals surface area contributed by atoms with Crippen LogP contribution in [0, 0.1) is 5.92 Å². The predicted octanol–water partition coefficient (Wildman–Crippen LogP) is 2.65. The standard InChI is InChI=1S/C17H26N2O/c1-12-10-19(11-17(12)18(2)3)16-6-4-5-13-9-14(20)7-8-15(13)16/h7-9,12,16-17,20H,4-6,10-11H2,1-3H3. The van der Waals surface area contributed by atoms with Crippen LogP contribution in [0.2, 0.25) is 0 Å². The number of benzene rings is 1. The van der Waals surface area contributed by atoms with E-state index in [0.29, 0.717) is 17.8 Å². The molecule has 3 nitrogen and oxygen atoms in total. The SMILES string of the molecule is CC1CN(C2CCCc3cc(O)ccc32)CC1N(C)C. The molecule has 1 aliphatic heterocycles. The highest BCUT2D eigenvalue weighted by atomic mass is 16.3. The van der Waals surface area contributed by atoms with Gasteiger partial charge in [-0.25, -0.2) is 0 Å². The van der Waals surface area contributed by atoms with Gasteiger partial charge in [-0.2, -0.15) is 0 Å². The van der Waals surface area contributed by atoms with Gasteiger partial charge in [-0.05, 0) is 62.5 Å². The van der Waals surface area contributed by atoms with Crippen molar-refractivity contribution in [1.29, 1.82) is 0 Å². The predicted molar refractivity (Wildman–Crippen MR) is 82.0 cm³/mol. The Labute approximate surface area is 122 Å². The second-order valence-electron chi connectivity index (χ2n) is 6.75. The molecule has 1 fully saturated rings. The van der Waals surface area contributed by atoms with Crippen LogP contribution in [0.3, 0.4) is 0 Å². The van der Waals surface area contributed by atoms with Gasteiger partial charge in [0.15, 0.2) is 0 Å². The fourth-order valence-electron chi connectivity index (χ4n) is 4.07. The number of aromatic hydroxyl groups is 1. The summed E-state index contributed by atoms with van der Waals surface area (Å²) in [5, 5.41) is 9.68. The fourth-order valence-corrected chi connectivity index (χ4v) is 4.07. The third kappa shape index (κ3) is 2.45. The van der Waals surface area contributed by atoms with Gasteiger partial charge >= 0.3 is 0 Å². The molecular weight excluding hydrogens is 248 g/mol. The summed E-state index contributed by atoms with van der Waals surface area (Å²) >= 11 is 0. The first-order valence-electron chi connectivity index (χ1n) is 7.78. The first-order chi connectivity index (χ1) is 9.56. The molecule has 20 heavy (non-hydrogen) atoms. The highest BCUT2D eigenvalue weighted by Crippen LogP contribution is 2.38. The number of hydrogen-bond acceptors (Lipinski definition) is 3. The van der Waals surface area contributed by atoms with Crippen molar-refractivity contribution in [2.75, 3.05) is 27.2 Å². The van der Waals surface area contributed by atoms with Crippen molar-refractivity contribution < 1.29 is 5.11 Å². The van der Waals surface area contributed by atoms with Crippen LogP contribution in [0.4, 0.5) is 0 Å². The fraction of sp³-hybridized carbons (Fsp3) is 0.647. The molecule has 3 rings (SSSR count). The van der Waals surface area contributed by atoms with Gasteiger partial charge in [0.05, 0.1) is 0 Å². The van der Waals surface area contributed by atoms with Crippen LogP contribution in [0.15, 0.2) is 18.2 Å². The normalized spacial score (nSPS) is 30.7. The van der Waals surface area contributed by atoms with Crippen molar-refractivity contribution in [3.05, 3.63) is 29.3 Å². The number of nitrogens with zero attached hydrogens (tertiary/aromatic N) is 2. The number of phenolic OH excluding ortho intramolecular Hbond substituents is 1. The highest BCUT2D eigenvalue weighted by Gasteiger charge is 2.36. The maximum atomic E-state index is 9.68. The molecular formula is C17H26N2O. The number of phenols is 1. The lowest BCUT2D eigenvalue weighted by Gasteiger charge is -2.33. The van der Waals surface area contributed by atoms with Crippen LogP contribution in [-0.4, -0.2) is 48.1 Å². The van der Waals surface area contributed by atoms with Crippen LogP contribution >= 0.6 is 0 Å². The summed E-state index contributed by atoms with van der Waals surface area (Å²) in [6, 6.07) is 7.16. The summed E-state index contributed by atoms with van der Waals surface area (Å²) in [6.45, 7) is 4.72. The molecule has 3 atom stereocenters. The summed E-state index contributed by atoms with van der Waals surface area (Å²) in [5.74, 6) is 1.14. The average molecular weight is 274 g/mol. The van der Waals surface area contributed by atoms with Crippen LogP contribution < -0.4 is 0 Å². The van der Waals surface area contributed by atoms with Gasteiger partial charge in [0, 0.05) is 25.2 Å². The minimum Gasteiger partial charge on any atom is -0.508 e. The first-order valence-corrected chi connectivity index (χ1v) is 7.78. The van der Waals surface area contributed by atoms with E-state index in [0.717, 1.165) is 12.3 Å². The maximum Gasteiger partial charge on any atom is 0.115 e. The number of fused-ring (bicyclic) bond motifs is 1. The van der Waals surface area contributed by atoms with Crippen molar-refractivity contribution >= 4 is 0 Å². The summed E-state index contributed by atoms with van der Waals surface area (Å²) in [4.78, 5) is 5.02. The molecule has 0 aromatic heterocycles. The van der Waals surface area contributed by atoms with Crippen molar-refractivity contribution in [2.45, 2.75) is 38.3 Å². The molecule has 1 N–H and O–H groups in total. The molecule has 0 radical (unpaired) electrons. The van der Waals surface area contributed by atoms with Crippen molar-refractivity contribution in [3.63, 3.8) is 0 Å². The zero-order valence-electron chi connectivity index (χ0n) is 12.8. The lowest BCUT2D eigenvalue weighted by Crippen LogP contribution is -2.35. The maximum absolute atomic E-state index is 9.68. The second-order valence-corrected chi connectivity index (χ2v) is 6.75.